The Bertz CT molecular complexity index is 524. The molecular weight excluding hydrogens is 347 g/mol. The minimum atomic E-state index is -1.61. The molecule has 0 heterocycles. The predicted molar refractivity (Wildman–Crippen MR) is 77.9 cm³/mol. The Morgan fingerprint density at radius 1 is 1.14 bits per heavy atom. The molecule has 0 spiro atoms. The molecule has 1 aliphatic carbocycles. The molecule has 0 saturated heterocycles. The van der Waals surface area contributed by atoms with E-state index >= 15 is 0 Å². The largest absolute Gasteiger partial charge is 0.352 e. The number of halogens is 4. The molecule has 6 heteroatoms. The normalized spacial score (nSPS) is 22.1. The molecule has 1 saturated carbocycles. The van der Waals surface area contributed by atoms with Crippen molar-refractivity contribution in [2.45, 2.75) is 25.7 Å². The van der Waals surface area contributed by atoms with Gasteiger partial charge in [-0.15, -0.1) is 0 Å². The van der Waals surface area contributed by atoms with Crippen LogP contribution in [0.3, 0.4) is 0 Å². The first-order valence-electron chi connectivity index (χ1n) is 7.02. The third-order valence-electron chi connectivity index (χ3n) is 4.07. The molecule has 1 aromatic rings. The van der Waals surface area contributed by atoms with Gasteiger partial charge in [0.2, 0.25) is 0 Å². The lowest BCUT2D eigenvalue weighted by atomic mass is 9.80. The zero-order valence-electron chi connectivity index (χ0n) is 11.5. The Morgan fingerprint density at radius 2 is 1.81 bits per heavy atom. The van der Waals surface area contributed by atoms with Crippen LogP contribution < -0.4 is 5.32 Å². The van der Waals surface area contributed by atoms with Crippen molar-refractivity contribution in [3.8, 4) is 0 Å². The van der Waals surface area contributed by atoms with Crippen LogP contribution in [0.25, 0.3) is 0 Å². The molecule has 1 aliphatic rings. The van der Waals surface area contributed by atoms with Crippen LogP contribution in [-0.2, 0) is 0 Å². The highest BCUT2D eigenvalue weighted by Crippen LogP contribution is 2.30. The van der Waals surface area contributed by atoms with Crippen molar-refractivity contribution in [2.75, 3.05) is 11.9 Å². The highest BCUT2D eigenvalue weighted by atomic mass is 79.9. The van der Waals surface area contributed by atoms with Crippen molar-refractivity contribution in [3.63, 3.8) is 0 Å². The van der Waals surface area contributed by atoms with Gasteiger partial charge in [-0.2, -0.15) is 0 Å². The number of alkyl halides is 1. The van der Waals surface area contributed by atoms with Gasteiger partial charge in [0, 0.05) is 11.9 Å². The average Bonchev–Trinajstić information content (AvgIpc) is 2.50. The Hall–Kier alpha value is -1.04. The quantitative estimate of drug-likeness (QED) is 0.634. The highest BCUT2D eigenvalue weighted by molar-refractivity contribution is 9.09. The molecule has 0 aromatic heterocycles. The van der Waals surface area contributed by atoms with Gasteiger partial charge in [-0.25, -0.2) is 13.2 Å². The van der Waals surface area contributed by atoms with E-state index in [1.807, 2.05) is 0 Å². The molecule has 2 rings (SSSR count). The van der Waals surface area contributed by atoms with Crippen molar-refractivity contribution >= 4 is 21.8 Å². The van der Waals surface area contributed by atoms with E-state index in [1.165, 1.54) is 6.42 Å². The monoisotopic (exact) mass is 363 g/mol. The van der Waals surface area contributed by atoms with Crippen LogP contribution in [0, 0.1) is 29.3 Å². The summed E-state index contributed by atoms with van der Waals surface area (Å²) in [6.07, 6.45) is 4.41. The van der Waals surface area contributed by atoms with E-state index in [2.05, 4.69) is 21.2 Å². The fourth-order valence-electron chi connectivity index (χ4n) is 2.78. The van der Waals surface area contributed by atoms with Gasteiger partial charge in [0.15, 0.2) is 17.5 Å². The van der Waals surface area contributed by atoms with E-state index in [0.717, 1.165) is 36.7 Å². The van der Waals surface area contributed by atoms with E-state index in [0.29, 0.717) is 18.4 Å². The second-order valence-electron chi connectivity index (χ2n) is 5.39. The minimum absolute atomic E-state index is 0.329. The van der Waals surface area contributed by atoms with Gasteiger partial charge >= 0.3 is 0 Å². The van der Waals surface area contributed by atoms with Gasteiger partial charge < -0.3 is 5.32 Å². The minimum Gasteiger partial charge on any atom is -0.352 e. The van der Waals surface area contributed by atoms with Crippen LogP contribution >= 0.6 is 15.9 Å². The third kappa shape index (κ3) is 3.78. The number of hydrogen-bond acceptors (Lipinski definition) is 1. The Labute approximate surface area is 130 Å². The average molecular weight is 364 g/mol. The highest BCUT2D eigenvalue weighted by Gasteiger charge is 2.25. The Kier molecular flexibility index (Phi) is 5.67. The van der Waals surface area contributed by atoms with Crippen molar-refractivity contribution in [1.82, 2.24) is 5.32 Å². The first-order valence-corrected chi connectivity index (χ1v) is 8.14. The SMILES string of the molecule is O=C(NCC1CCCCC1CBr)c1ccc(F)c(F)c1F. The summed E-state index contributed by atoms with van der Waals surface area (Å²) in [5, 5.41) is 3.50. The Morgan fingerprint density at radius 3 is 2.48 bits per heavy atom. The second-order valence-corrected chi connectivity index (χ2v) is 6.04. The van der Waals surface area contributed by atoms with Crippen molar-refractivity contribution in [3.05, 3.63) is 35.1 Å². The van der Waals surface area contributed by atoms with E-state index in [9.17, 15) is 18.0 Å². The number of hydrogen-bond donors (Lipinski definition) is 1. The van der Waals surface area contributed by atoms with Crippen molar-refractivity contribution in [1.29, 1.82) is 0 Å². The van der Waals surface area contributed by atoms with Crippen LogP contribution in [0.2, 0.25) is 0 Å². The molecule has 21 heavy (non-hydrogen) atoms. The number of amides is 1. The van der Waals surface area contributed by atoms with Gasteiger partial charge in [0.25, 0.3) is 5.91 Å². The third-order valence-corrected chi connectivity index (χ3v) is 4.90. The maximum atomic E-state index is 13.5. The lowest BCUT2D eigenvalue weighted by Gasteiger charge is -2.30. The van der Waals surface area contributed by atoms with Gasteiger partial charge in [-0.05, 0) is 36.8 Å². The van der Waals surface area contributed by atoms with Gasteiger partial charge in [0.05, 0.1) is 5.56 Å². The van der Waals surface area contributed by atoms with Crippen molar-refractivity contribution in [2.24, 2.45) is 11.8 Å². The summed E-state index contributed by atoms with van der Waals surface area (Å²) >= 11 is 3.47. The van der Waals surface area contributed by atoms with Crippen LogP contribution in [0.4, 0.5) is 13.2 Å². The standard InChI is InChI=1S/C15H17BrF3NO/c16-7-9-3-1-2-4-10(9)8-20-15(21)11-5-6-12(17)14(19)13(11)18/h5-6,9-10H,1-4,7-8H2,(H,20,21). The summed E-state index contributed by atoms with van der Waals surface area (Å²) in [7, 11) is 0. The Balaban J connectivity index is 2.00. The van der Waals surface area contributed by atoms with Gasteiger partial charge in [0.1, 0.15) is 0 Å². The van der Waals surface area contributed by atoms with E-state index in [1.54, 1.807) is 0 Å². The first-order chi connectivity index (χ1) is 10.0. The fourth-order valence-corrected chi connectivity index (χ4v) is 3.63. The topological polar surface area (TPSA) is 29.1 Å². The van der Waals surface area contributed by atoms with E-state index < -0.39 is 28.9 Å². The summed E-state index contributed by atoms with van der Waals surface area (Å²) < 4.78 is 39.5. The van der Waals surface area contributed by atoms with E-state index in [4.69, 9.17) is 0 Å². The zero-order valence-corrected chi connectivity index (χ0v) is 13.1. The summed E-state index contributed by atoms with van der Waals surface area (Å²) in [5.74, 6) is -4.24. The molecular formula is C15H17BrF3NO. The second kappa shape index (κ2) is 7.29. The summed E-state index contributed by atoms with van der Waals surface area (Å²) in [4.78, 5) is 11.9. The molecule has 1 amide bonds. The van der Waals surface area contributed by atoms with Gasteiger partial charge in [-0.3, -0.25) is 4.79 Å². The number of carbonyl (C=O) groups excluding carboxylic acids is 1. The van der Waals surface area contributed by atoms with Crippen molar-refractivity contribution < 1.29 is 18.0 Å². The number of carbonyl (C=O) groups is 1. The van der Waals surface area contributed by atoms with Gasteiger partial charge in [-0.1, -0.05) is 28.8 Å². The summed E-state index contributed by atoms with van der Waals surface area (Å²) in [6.45, 7) is 0.424. The predicted octanol–water partition coefficient (Wildman–Crippen LogP) is 4.04. The number of benzene rings is 1. The first kappa shape index (κ1) is 16.3. The maximum absolute atomic E-state index is 13.5. The molecule has 2 atom stereocenters. The zero-order chi connectivity index (χ0) is 15.4. The van der Waals surface area contributed by atoms with Crippen LogP contribution in [0.5, 0.6) is 0 Å². The lowest BCUT2D eigenvalue weighted by molar-refractivity contribution is 0.0931. The molecule has 1 aromatic carbocycles. The number of rotatable bonds is 4. The molecule has 2 unspecified atom stereocenters. The molecule has 2 nitrogen and oxygen atoms in total. The molecule has 0 bridgehead atoms. The lowest BCUT2D eigenvalue weighted by Crippen LogP contribution is -2.35. The fraction of sp³-hybridized carbons (Fsp3) is 0.533. The van der Waals surface area contributed by atoms with Crippen LogP contribution in [-0.4, -0.2) is 17.8 Å². The summed E-state index contributed by atoms with van der Waals surface area (Å²) in [6, 6.07) is 1.72. The number of nitrogens with one attached hydrogen (secondary N) is 1. The van der Waals surface area contributed by atoms with Crippen LogP contribution in [0.1, 0.15) is 36.0 Å². The molecule has 1 fully saturated rings. The smallest absolute Gasteiger partial charge is 0.254 e. The summed E-state index contributed by atoms with van der Waals surface area (Å²) in [5.41, 5.74) is -0.458. The van der Waals surface area contributed by atoms with E-state index in [-0.39, 0.29) is 0 Å². The molecule has 1 N–H and O–H groups in total. The molecule has 0 aliphatic heterocycles. The molecule has 116 valence electrons. The molecule has 0 radical (unpaired) electrons. The van der Waals surface area contributed by atoms with Crippen LogP contribution in [0.15, 0.2) is 12.1 Å². The maximum Gasteiger partial charge on any atom is 0.254 e.